The van der Waals surface area contributed by atoms with Gasteiger partial charge in [0.25, 0.3) is 5.91 Å². The van der Waals surface area contributed by atoms with Crippen molar-refractivity contribution in [3.63, 3.8) is 0 Å². The van der Waals surface area contributed by atoms with Gasteiger partial charge in [-0.3, -0.25) is 9.78 Å². The Morgan fingerprint density at radius 1 is 1.25 bits per heavy atom. The van der Waals surface area contributed by atoms with Gasteiger partial charge in [-0.15, -0.1) is 0 Å². The normalized spacial score (nSPS) is 18.2. The van der Waals surface area contributed by atoms with E-state index < -0.39 is 0 Å². The van der Waals surface area contributed by atoms with Gasteiger partial charge in [-0.05, 0) is 52.7 Å². The van der Waals surface area contributed by atoms with Gasteiger partial charge < -0.3 is 15.2 Å². The molecular weight excluding hydrogens is 418 g/mol. The van der Waals surface area contributed by atoms with E-state index in [-0.39, 0.29) is 5.91 Å². The van der Waals surface area contributed by atoms with E-state index >= 15 is 0 Å². The predicted molar refractivity (Wildman–Crippen MR) is 114 cm³/mol. The van der Waals surface area contributed by atoms with Gasteiger partial charge in [-0.2, -0.15) is 0 Å². The molecular formula is C21H22BrN5O. The highest BCUT2D eigenvalue weighted by atomic mass is 79.9. The van der Waals surface area contributed by atoms with Crippen LogP contribution in [-0.4, -0.2) is 33.9 Å². The van der Waals surface area contributed by atoms with Crippen molar-refractivity contribution in [2.45, 2.75) is 32.1 Å². The van der Waals surface area contributed by atoms with Crippen LogP contribution in [-0.2, 0) is 0 Å². The zero-order valence-corrected chi connectivity index (χ0v) is 17.1. The van der Waals surface area contributed by atoms with Crippen LogP contribution in [0.25, 0.3) is 11.0 Å². The molecule has 1 saturated heterocycles. The molecule has 0 aromatic carbocycles. The molecule has 2 N–H and O–H groups in total. The van der Waals surface area contributed by atoms with Crippen molar-refractivity contribution in [2.75, 3.05) is 23.3 Å². The van der Waals surface area contributed by atoms with Crippen molar-refractivity contribution in [1.29, 1.82) is 0 Å². The van der Waals surface area contributed by atoms with Crippen LogP contribution in [0.4, 0.5) is 11.4 Å². The second-order valence-corrected chi connectivity index (χ2v) is 8.81. The lowest BCUT2D eigenvalue weighted by atomic mass is 9.86. The minimum Gasteiger partial charge on any atom is -0.369 e. The molecule has 0 atom stereocenters. The number of carbonyl (C=O) groups is 1. The molecule has 1 spiro atoms. The number of nitrogens with zero attached hydrogens (tertiary/aromatic N) is 3. The van der Waals surface area contributed by atoms with Gasteiger partial charge in [0.05, 0.1) is 26.8 Å². The maximum atomic E-state index is 12.7. The minimum absolute atomic E-state index is 0.173. The molecule has 1 aliphatic carbocycles. The Balaban J connectivity index is 1.52. The first kappa shape index (κ1) is 17.7. The molecule has 1 aliphatic heterocycles. The summed E-state index contributed by atoms with van der Waals surface area (Å²) in [5, 5.41) is 4.00. The molecule has 2 fully saturated rings. The Morgan fingerprint density at radius 2 is 2.11 bits per heavy atom. The largest absolute Gasteiger partial charge is 0.369 e. The molecule has 0 radical (unpaired) electrons. The lowest BCUT2D eigenvalue weighted by Gasteiger charge is -2.26. The van der Waals surface area contributed by atoms with Gasteiger partial charge in [0.15, 0.2) is 0 Å². The maximum Gasteiger partial charge on any atom is 0.257 e. The number of aromatic nitrogens is 3. The molecule has 3 aromatic rings. The fraction of sp³-hybridized carbons (Fsp3) is 0.381. The summed E-state index contributed by atoms with van der Waals surface area (Å²) in [5.41, 5.74) is 3.65. The molecule has 0 bridgehead atoms. The molecule has 6 nitrogen and oxygen atoms in total. The van der Waals surface area contributed by atoms with Crippen LogP contribution in [0.3, 0.4) is 0 Å². The van der Waals surface area contributed by atoms with Crippen molar-refractivity contribution in [1.82, 2.24) is 15.0 Å². The van der Waals surface area contributed by atoms with Crippen LogP contribution in [0.5, 0.6) is 0 Å². The SMILES string of the molecule is O=C(Nc1c[nH]c2ncc(Br)c(N3CCC4(CCCC4)C3)c12)c1cccnc1. The molecule has 5 rings (SSSR count). The number of rotatable bonds is 3. The van der Waals surface area contributed by atoms with Crippen molar-refractivity contribution >= 4 is 44.2 Å². The maximum absolute atomic E-state index is 12.7. The highest BCUT2D eigenvalue weighted by Crippen LogP contribution is 2.49. The smallest absolute Gasteiger partial charge is 0.257 e. The number of anilines is 2. The monoisotopic (exact) mass is 439 g/mol. The zero-order valence-electron chi connectivity index (χ0n) is 15.5. The summed E-state index contributed by atoms with van der Waals surface area (Å²) in [6.07, 6.45) is 13.5. The number of amides is 1. The number of nitrogens with one attached hydrogen (secondary N) is 2. The summed E-state index contributed by atoms with van der Waals surface area (Å²) in [4.78, 5) is 26.9. The summed E-state index contributed by atoms with van der Waals surface area (Å²) < 4.78 is 0.964. The van der Waals surface area contributed by atoms with E-state index in [9.17, 15) is 4.79 Å². The van der Waals surface area contributed by atoms with Crippen LogP contribution in [0.2, 0.25) is 0 Å². The van der Waals surface area contributed by atoms with Crippen LogP contribution in [0.15, 0.2) is 41.4 Å². The third-order valence-electron chi connectivity index (χ3n) is 6.22. The van der Waals surface area contributed by atoms with Crippen molar-refractivity contribution in [2.24, 2.45) is 5.41 Å². The summed E-state index contributed by atoms with van der Waals surface area (Å²) in [7, 11) is 0. The first-order valence-electron chi connectivity index (χ1n) is 9.77. The molecule has 2 aliphatic rings. The van der Waals surface area contributed by atoms with Gasteiger partial charge in [-0.25, -0.2) is 4.98 Å². The van der Waals surface area contributed by atoms with Gasteiger partial charge >= 0.3 is 0 Å². The molecule has 3 aromatic heterocycles. The predicted octanol–water partition coefficient (Wildman–Crippen LogP) is 4.74. The second kappa shape index (κ2) is 6.88. The van der Waals surface area contributed by atoms with Gasteiger partial charge in [0.1, 0.15) is 5.65 Å². The Kier molecular flexibility index (Phi) is 4.34. The summed E-state index contributed by atoms with van der Waals surface area (Å²) in [6.45, 7) is 2.12. The Labute approximate surface area is 171 Å². The highest BCUT2D eigenvalue weighted by Gasteiger charge is 2.41. The lowest BCUT2D eigenvalue weighted by molar-refractivity contribution is 0.102. The van der Waals surface area contributed by atoms with E-state index in [0.717, 1.165) is 40.0 Å². The van der Waals surface area contributed by atoms with Crippen LogP contribution in [0, 0.1) is 5.41 Å². The summed E-state index contributed by atoms with van der Waals surface area (Å²) in [5.74, 6) is -0.173. The minimum atomic E-state index is -0.173. The molecule has 1 saturated carbocycles. The average Bonchev–Trinajstić information content (AvgIpc) is 3.45. The van der Waals surface area contributed by atoms with Gasteiger partial charge in [0.2, 0.25) is 0 Å². The average molecular weight is 440 g/mol. The number of hydrogen-bond acceptors (Lipinski definition) is 4. The summed E-state index contributed by atoms with van der Waals surface area (Å²) in [6, 6.07) is 3.52. The number of H-pyrrole nitrogens is 1. The molecule has 4 heterocycles. The standard InChI is InChI=1S/C21H22BrN5O/c22-15-11-24-19-17(18(15)27-9-7-21(13-27)5-1-2-6-21)16(12-25-19)26-20(28)14-4-3-8-23-10-14/h3-4,8,10-12H,1-2,5-7,9,13H2,(H,24,25)(H,26,28). The van der Waals surface area contributed by atoms with E-state index in [1.54, 1.807) is 24.5 Å². The van der Waals surface area contributed by atoms with E-state index in [2.05, 4.69) is 41.1 Å². The van der Waals surface area contributed by atoms with Crippen molar-refractivity contribution in [3.05, 3.63) is 47.0 Å². The Morgan fingerprint density at radius 3 is 2.89 bits per heavy atom. The van der Waals surface area contributed by atoms with Gasteiger partial charge in [0, 0.05) is 37.9 Å². The van der Waals surface area contributed by atoms with Crippen LogP contribution < -0.4 is 10.2 Å². The quantitative estimate of drug-likeness (QED) is 0.617. The number of pyridine rings is 2. The number of carbonyl (C=O) groups excluding carboxylic acids is 1. The third kappa shape index (κ3) is 2.98. The third-order valence-corrected chi connectivity index (χ3v) is 6.80. The molecule has 0 unspecified atom stereocenters. The number of halogens is 1. The van der Waals surface area contributed by atoms with Gasteiger partial charge in [-0.1, -0.05) is 12.8 Å². The first-order valence-corrected chi connectivity index (χ1v) is 10.6. The second-order valence-electron chi connectivity index (χ2n) is 7.96. The van der Waals surface area contributed by atoms with E-state index in [1.807, 2.05) is 12.4 Å². The first-order chi connectivity index (χ1) is 13.7. The van der Waals surface area contributed by atoms with E-state index in [1.165, 1.54) is 32.1 Å². The lowest BCUT2D eigenvalue weighted by Crippen LogP contribution is -2.25. The number of fused-ring (bicyclic) bond motifs is 1. The zero-order chi connectivity index (χ0) is 19.1. The fourth-order valence-electron chi connectivity index (χ4n) is 4.81. The topological polar surface area (TPSA) is 73.9 Å². The Hall–Kier alpha value is -2.41. The number of hydrogen-bond donors (Lipinski definition) is 2. The van der Waals surface area contributed by atoms with Crippen LogP contribution in [0.1, 0.15) is 42.5 Å². The fourth-order valence-corrected chi connectivity index (χ4v) is 5.37. The van der Waals surface area contributed by atoms with Crippen molar-refractivity contribution in [3.8, 4) is 0 Å². The molecule has 7 heteroatoms. The molecule has 28 heavy (non-hydrogen) atoms. The van der Waals surface area contributed by atoms with E-state index in [0.29, 0.717) is 11.0 Å². The van der Waals surface area contributed by atoms with Crippen LogP contribution >= 0.6 is 15.9 Å². The number of aromatic amines is 1. The summed E-state index contributed by atoms with van der Waals surface area (Å²) >= 11 is 3.71. The molecule has 144 valence electrons. The molecule has 1 amide bonds. The highest BCUT2D eigenvalue weighted by molar-refractivity contribution is 9.10. The van der Waals surface area contributed by atoms with E-state index in [4.69, 9.17) is 0 Å². The Bertz CT molecular complexity index is 1030. The van der Waals surface area contributed by atoms with Crippen molar-refractivity contribution < 1.29 is 4.79 Å².